The van der Waals surface area contributed by atoms with Crippen molar-refractivity contribution in [3.05, 3.63) is 35.4 Å². The molecule has 0 amide bonds. The Kier molecular flexibility index (Phi) is 2.10. The van der Waals surface area contributed by atoms with Crippen LogP contribution in [0.15, 0.2) is 18.2 Å². The molecule has 2 rings (SSSR count). The Hall–Kier alpha value is -1.25. The molecule has 1 aliphatic rings. The number of hydrogen-bond acceptors (Lipinski definition) is 1. The fourth-order valence-corrected chi connectivity index (χ4v) is 1.86. The minimum Gasteiger partial charge on any atom is -0.299 e. The topological polar surface area (TPSA) is 17.1 Å². The highest BCUT2D eigenvalue weighted by molar-refractivity contribution is 5.89. The van der Waals surface area contributed by atoms with Crippen LogP contribution >= 0.6 is 0 Å². The first-order valence-corrected chi connectivity index (χ1v) is 4.58. The van der Waals surface area contributed by atoms with Gasteiger partial charge in [0.2, 0.25) is 0 Å². The van der Waals surface area contributed by atoms with E-state index in [1.165, 1.54) is 18.2 Å². The van der Waals surface area contributed by atoms with Crippen molar-refractivity contribution in [3.8, 4) is 0 Å². The van der Waals surface area contributed by atoms with Crippen LogP contribution in [0.2, 0.25) is 0 Å². The van der Waals surface area contributed by atoms with Crippen LogP contribution in [0, 0.1) is 17.6 Å². The molecule has 0 bridgehead atoms. The first-order valence-electron chi connectivity index (χ1n) is 4.58. The molecule has 1 aliphatic carbocycles. The molecule has 1 fully saturated rings. The Balaban J connectivity index is 2.38. The van der Waals surface area contributed by atoms with Crippen molar-refractivity contribution >= 4 is 5.78 Å². The minimum atomic E-state index is -0.547. The van der Waals surface area contributed by atoms with E-state index in [4.69, 9.17) is 0 Å². The van der Waals surface area contributed by atoms with E-state index in [0.717, 1.165) is 0 Å². The quantitative estimate of drug-likeness (QED) is 0.674. The van der Waals surface area contributed by atoms with Crippen LogP contribution in [0.25, 0.3) is 0 Å². The first-order chi connectivity index (χ1) is 6.61. The van der Waals surface area contributed by atoms with Gasteiger partial charge in [-0.3, -0.25) is 4.79 Å². The number of ketones is 1. The maximum atomic E-state index is 13.3. The summed E-state index contributed by atoms with van der Waals surface area (Å²) >= 11 is 0. The monoisotopic (exact) mass is 196 g/mol. The molecule has 74 valence electrons. The van der Waals surface area contributed by atoms with Crippen molar-refractivity contribution < 1.29 is 13.6 Å². The van der Waals surface area contributed by atoms with Gasteiger partial charge in [0, 0.05) is 23.8 Å². The summed E-state index contributed by atoms with van der Waals surface area (Å²) in [7, 11) is 0. The molecule has 0 radical (unpaired) electrons. The van der Waals surface area contributed by atoms with Gasteiger partial charge in [-0.25, -0.2) is 8.78 Å². The van der Waals surface area contributed by atoms with E-state index < -0.39 is 11.6 Å². The predicted molar refractivity (Wildman–Crippen MR) is 47.9 cm³/mol. The molecule has 1 saturated carbocycles. The van der Waals surface area contributed by atoms with Gasteiger partial charge < -0.3 is 0 Å². The lowest BCUT2D eigenvalue weighted by Crippen LogP contribution is -2.34. The van der Waals surface area contributed by atoms with Crippen molar-refractivity contribution in [1.82, 2.24) is 0 Å². The van der Waals surface area contributed by atoms with Gasteiger partial charge in [-0.2, -0.15) is 0 Å². The number of halogens is 2. The third-order valence-electron chi connectivity index (χ3n) is 2.90. The first kappa shape index (κ1) is 9.31. The van der Waals surface area contributed by atoms with Crippen LogP contribution in [0.5, 0.6) is 0 Å². The molecule has 0 N–H and O–H groups in total. The summed E-state index contributed by atoms with van der Waals surface area (Å²) in [5, 5.41) is 0. The Bertz CT molecular complexity index is 367. The molecule has 2 unspecified atom stereocenters. The number of Topliss-reactive ketones (excluding diaryl/α,β-unsaturated/α-hetero) is 1. The zero-order valence-electron chi connectivity index (χ0n) is 7.76. The summed E-state index contributed by atoms with van der Waals surface area (Å²) < 4.78 is 26.5. The van der Waals surface area contributed by atoms with Crippen molar-refractivity contribution in [2.75, 3.05) is 0 Å². The Morgan fingerprint density at radius 2 is 1.86 bits per heavy atom. The summed E-state index contributed by atoms with van der Waals surface area (Å²) in [5.41, 5.74) is 0.0691. The van der Waals surface area contributed by atoms with Crippen LogP contribution < -0.4 is 0 Å². The van der Waals surface area contributed by atoms with E-state index in [0.29, 0.717) is 0 Å². The normalized spacial score (nSPS) is 26.1. The maximum Gasteiger partial charge on any atom is 0.136 e. The fourth-order valence-electron chi connectivity index (χ4n) is 1.86. The summed E-state index contributed by atoms with van der Waals surface area (Å²) in [5.74, 6) is -1.54. The summed E-state index contributed by atoms with van der Waals surface area (Å²) in [6.07, 6.45) is 0.263. The van der Waals surface area contributed by atoms with Gasteiger partial charge in [0.05, 0.1) is 0 Å². The van der Waals surface area contributed by atoms with E-state index in [-0.39, 0.29) is 29.6 Å². The molecule has 1 aromatic carbocycles. The average Bonchev–Trinajstić information content (AvgIpc) is 2.16. The lowest BCUT2D eigenvalue weighted by atomic mass is 9.70. The minimum absolute atomic E-state index is 0.0691. The van der Waals surface area contributed by atoms with Crippen LogP contribution in [-0.4, -0.2) is 5.78 Å². The van der Waals surface area contributed by atoms with E-state index in [9.17, 15) is 13.6 Å². The zero-order chi connectivity index (χ0) is 10.3. The molecular weight excluding hydrogens is 186 g/mol. The second-order valence-corrected chi connectivity index (χ2v) is 3.70. The molecule has 0 aromatic heterocycles. The molecule has 14 heavy (non-hydrogen) atoms. The molecular formula is C11H10F2O. The van der Waals surface area contributed by atoms with Gasteiger partial charge in [-0.15, -0.1) is 0 Å². The van der Waals surface area contributed by atoms with E-state index in [1.807, 2.05) is 0 Å². The molecule has 0 aliphatic heterocycles. The van der Waals surface area contributed by atoms with Gasteiger partial charge in [0.25, 0.3) is 0 Å². The number of hydrogen-bond donors (Lipinski definition) is 0. The van der Waals surface area contributed by atoms with Crippen LogP contribution in [0.4, 0.5) is 8.78 Å². The van der Waals surface area contributed by atoms with Crippen LogP contribution in [0.1, 0.15) is 24.8 Å². The zero-order valence-corrected chi connectivity index (χ0v) is 7.76. The highest BCUT2D eigenvalue weighted by Gasteiger charge is 2.39. The van der Waals surface area contributed by atoms with Crippen LogP contribution in [0.3, 0.4) is 0 Å². The smallest absolute Gasteiger partial charge is 0.136 e. The summed E-state index contributed by atoms with van der Waals surface area (Å²) in [6.45, 7) is 1.71. The summed E-state index contributed by atoms with van der Waals surface area (Å²) in [4.78, 5) is 11.0. The lowest BCUT2D eigenvalue weighted by molar-refractivity contribution is -0.130. The van der Waals surface area contributed by atoms with E-state index >= 15 is 0 Å². The van der Waals surface area contributed by atoms with Gasteiger partial charge in [0.15, 0.2) is 0 Å². The lowest BCUT2D eigenvalue weighted by Gasteiger charge is -2.32. The van der Waals surface area contributed by atoms with Crippen molar-refractivity contribution in [2.45, 2.75) is 19.3 Å². The number of benzene rings is 1. The highest BCUT2D eigenvalue weighted by atomic mass is 19.1. The number of carbonyl (C=O) groups excluding carboxylic acids is 1. The van der Waals surface area contributed by atoms with E-state index in [1.54, 1.807) is 6.92 Å². The number of carbonyl (C=O) groups is 1. The molecule has 0 spiro atoms. The molecule has 1 nitrogen and oxygen atoms in total. The Morgan fingerprint density at radius 3 is 2.29 bits per heavy atom. The van der Waals surface area contributed by atoms with Crippen molar-refractivity contribution in [1.29, 1.82) is 0 Å². The van der Waals surface area contributed by atoms with Crippen molar-refractivity contribution in [2.24, 2.45) is 5.92 Å². The molecule has 2 atom stereocenters. The van der Waals surface area contributed by atoms with Gasteiger partial charge >= 0.3 is 0 Å². The maximum absolute atomic E-state index is 13.3. The van der Waals surface area contributed by atoms with Crippen molar-refractivity contribution in [3.63, 3.8) is 0 Å². The van der Waals surface area contributed by atoms with Gasteiger partial charge in [-0.05, 0) is 12.1 Å². The molecule has 0 heterocycles. The third kappa shape index (κ3) is 1.24. The standard InChI is InChI=1S/C11H10F2O/c1-6-7(5-10(6)14)11-8(12)3-2-4-9(11)13/h2-4,6-7H,5H2,1H3. The largest absolute Gasteiger partial charge is 0.299 e. The highest BCUT2D eigenvalue weighted by Crippen LogP contribution is 2.41. The fraction of sp³-hybridized carbons (Fsp3) is 0.364. The van der Waals surface area contributed by atoms with E-state index in [2.05, 4.69) is 0 Å². The van der Waals surface area contributed by atoms with Crippen LogP contribution in [-0.2, 0) is 4.79 Å². The molecule has 1 aromatic rings. The van der Waals surface area contributed by atoms with Gasteiger partial charge in [0.1, 0.15) is 17.4 Å². The molecule has 3 heteroatoms. The van der Waals surface area contributed by atoms with Gasteiger partial charge in [-0.1, -0.05) is 13.0 Å². The number of rotatable bonds is 1. The SMILES string of the molecule is CC1C(=O)CC1c1c(F)cccc1F. The predicted octanol–water partition coefficient (Wildman–Crippen LogP) is 2.66. The second-order valence-electron chi connectivity index (χ2n) is 3.70. The summed E-state index contributed by atoms with van der Waals surface area (Å²) in [6, 6.07) is 3.79. The second kappa shape index (κ2) is 3.15. The molecule has 0 saturated heterocycles. The third-order valence-corrected chi connectivity index (χ3v) is 2.90. The Labute approximate surface area is 80.7 Å². The Morgan fingerprint density at radius 1 is 1.29 bits per heavy atom. The average molecular weight is 196 g/mol.